The molecule has 0 aliphatic rings. The number of rotatable bonds is 4. The zero-order chi connectivity index (χ0) is 18.1. The number of sulfonamides is 1. The van der Waals surface area contributed by atoms with E-state index in [1.54, 1.807) is 4.72 Å². The first-order valence-corrected chi connectivity index (χ1v) is 8.46. The largest absolute Gasteiger partial charge is 0.503 e. The summed E-state index contributed by atoms with van der Waals surface area (Å²) in [6, 6.07) is 4.05. The fraction of sp³-hybridized carbons (Fsp3) is 0.167. The van der Waals surface area contributed by atoms with Gasteiger partial charge in [0.25, 0.3) is 0 Å². The van der Waals surface area contributed by atoms with Crippen LogP contribution in [0.5, 0.6) is 5.75 Å². The third-order valence-electron chi connectivity index (χ3n) is 2.62. The third kappa shape index (κ3) is 4.62. The lowest BCUT2D eigenvalue weighted by Crippen LogP contribution is -2.18. The lowest BCUT2D eigenvalue weighted by atomic mass is 10.2. The van der Waals surface area contributed by atoms with Gasteiger partial charge in [0.15, 0.2) is 11.6 Å². The smallest absolute Gasteiger partial charge is 0.451 e. The molecule has 0 fully saturated rings. The zero-order valence-electron chi connectivity index (χ0n) is 11.5. The van der Waals surface area contributed by atoms with Crippen LogP contribution in [0.25, 0.3) is 0 Å². The standard InChI is InChI=1S/C12H8Cl2F3N3O3S/c13-7-2-1-6(3-8(7)14)5-24(22,23)20-10-9(21)4-18-11(19-10)12(15,16)17/h1-4,21H,5H2,(H,18,19,20). The summed E-state index contributed by atoms with van der Waals surface area (Å²) in [7, 11) is -4.17. The van der Waals surface area contributed by atoms with Crippen molar-refractivity contribution >= 4 is 39.0 Å². The SMILES string of the molecule is O=S(=O)(Cc1ccc(Cl)c(Cl)c1)Nc1nc(C(F)(F)F)ncc1O. The normalized spacial score (nSPS) is 12.2. The summed E-state index contributed by atoms with van der Waals surface area (Å²) in [5, 5.41) is 9.79. The van der Waals surface area contributed by atoms with Crippen molar-refractivity contribution < 1.29 is 26.7 Å². The van der Waals surface area contributed by atoms with Crippen molar-refractivity contribution in [2.45, 2.75) is 11.9 Å². The topological polar surface area (TPSA) is 92.2 Å². The molecule has 0 radical (unpaired) electrons. The third-order valence-corrected chi connectivity index (χ3v) is 4.57. The molecule has 0 aliphatic heterocycles. The maximum Gasteiger partial charge on any atom is 0.451 e. The molecule has 1 aromatic carbocycles. The second-order valence-corrected chi connectivity index (χ2v) is 7.07. The van der Waals surface area contributed by atoms with Crippen LogP contribution in [0.1, 0.15) is 11.4 Å². The van der Waals surface area contributed by atoms with E-state index in [4.69, 9.17) is 23.2 Å². The highest BCUT2D eigenvalue weighted by atomic mass is 35.5. The summed E-state index contributed by atoms with van der Waals surface area (Å²) in [4.78, 5) is 5.87. The van der Waals surface area contributed by atoms with Gasteiger partial charge in [0, 0.05) is 0 Å². The van der Waals surface area contributed by atoms with Crippen molar-refractivity contribution in [3.63, 3.8) is 0 Å². The van der Waals surface area contributed by atoms with Crippen molar-refractivity contribution in [2.24, 2.45) is 0 Å². The number of hydrogen-bond donors (Lipinski definition) is 2. The van der Waals surface area contributed by atoms with Gasteiger partial charge in [-0.05, 0) is 17.7 Å². The van der Waals surface area contributed by atoms with Crippen molar-refractivity contribution in [2.75, 3.05) is 4.72 Å². The Morgan fingerprint density at radius 1 is 1.21 bits per heavy atom. The molecular formula is C12H8Cl2F3N3O3S. The summed E-state index contributed by atoms with van der Waals surface area (Å²) < 4.78 is 63.5. The number of hydrogen-bond acceptors (Lipinski definition) is 5. The summed E-state index contributed by atoms with van der Waals surface area (Å²) in [5.74, 6) is -3.93. The Kier molecular flexibility index (Phi) is 5.11. The van der Waals surface area contributed by atoms with Crippen LogP contribution in [0, 0.1) is 0 Å². The van der Waals surface area contributed by atoms with Gasteiger partial charge < -0.3 is 5.11 Å². The van der Waals surface area contributed by atoms with Gasteiger partial charge in [0.05, 0.1) is 22.0 Å². The highest BCUT2D eigenvalue weighted by Gasteiger charge is 2.35. The van der Waals surface area contributed by atoms with Gasteiger partial charge in [0.1, 0.15) is 0 Å². The van der Waals surface area contributed by atoms with Gasteiger partial charge in [-0.15, -0.1) is 0 Å². The molecule has 2 N–H and O–H groups in total. The summed E-state index contributed by atoms with van der Waals surface area (Å²) in [6.45, 7) is 0. The lowest BCUT2D eigenvalue weighted by Gasteiger charge is -2.11. The first-order chi connectivity index (χ1) is 11.0. The molecule has 0 spiro atoms. The average molecular weight is 402 g/mol. The number of nitrogens with one attached hydrogen (secondary N) is 1. The molecule has 24 heavy (non-hydrogen) atoms. The van der Waals surface area contributed by atoms with Crippen LogP contribution in [0.3, 0.4) is 0 Å². The van der Waals surface area contributed by atoms with Crippen LogP contribution in [-0.2, 0) is 22.0 Å². The van der Waals surface area contributed by atoms with Crippen LogP contribution in [0.4, 0.5) is 19.0 Å². The summed E-state index contributed by atoms with van der Waals surface area (Å²) in [5.41, 5.74) is 0.237. The van der Waals surface area contributed by atoms with Crippen LogP contribution in [-0.4, -0.2) is 23.5 Å². The van der Waals surface area contributed by atoms with E-state index in [-0.39, 0.29) is 15.6 Å². The van der Waals surface area contributed by atoms with E-state index in [0.29, 0.717) is 6.20 Å². The van der Waals surface area contributed by atoms with E-state index < -0.39 is 39.3 Å². The molecule has 0 bridgehead atoms. The van der Waals surface area contributed by atoms with Gasteiger partial charge in [-0.25, -0.2) is 18.4 Å². The van der Waals surface area contributed by atoms with E-state index in [1.165, 1.54) is 18.2 Å². The van der Waals surface area contributed by atoms with Crippen LogP contribution < -0.4 is 4.72 Å². The summed E-state index contributed by atoms with van der Waals surface area (Å²) >= 11 is 11.5. The second kappa shape index (κ2) is 6.61. The number of anilines is 1. The molecule has 1 heterocycles. The van der Waals surface area contributed by atoms with Gasteiger partial charge in [0.2, 0.25) is 15.8 Å². The molecule has 0 atom stereocenters. The predicted octanol–water partition coefficient (Wildman–Crippen LogP) is 3.45. The minimum atomic E-state index is -4.89. The molecule has 0 aliphatic carbocycles. The van der Waals surface area contributed by atoms with Crippen molar-refractivity contribution in [1.82, 2.24) is 9.97 Å². The molecule has 130 valence electrons. The maximum atomic E-state index is 12.6. The van der Waals surface area contributed by atoms with E-state index >= 15 is 0 Å². The number of nitrogens with zero attached hydrogens (tertiary/aromatic N) is 2. The maximum absolute atomic E-state index is 12.6. The second-order valence-electron chi connectivity index (χ2n) is 4.53. The Balaban J connectivity index is 2.27. The van der Waals surface area contributed by atoms with Gasteiger partial charge in [-0.1, -0.05) is 29.3 Å². The molecule has 1 aromatic heterocycles. The number of halogens is 5. The van der Waals surface area contributed by atoms with E-state index in [1.807, 2.05) is 0 Å². The Bertz CT molecular complexity index is 876. The number of aromatic hydroxyl groups is 1. The Labute approximate surface area is 144 Å². The minimum absolute atomic E-state index is 0.119. The van der Waals surface area contributed by atoms with Gasteiger partial charge in [-0.3, -0.25) is 4.72 Å². The Hall–Kier alpha value is -1.78. The molecule has 2 aromatic rings. The molecule has 0 saturated heterocycles. The fourth-order valence-electron chi connectivity index (χ4n) is 1.62. The number of benzene rings is 1. The van der Waals surface area contributed by atoms with Crippen molar-refractivity contribution in [3.05, 3.63) is 45.8 Å². The highest BCUT2D eigenvalue weighted by molar-refractivity contribution is 7.91. The first-order valence-electron chi connectivity index (χ1n) is 6.05. The van der Waals surface area contributed by atoms with E-state index in [9.17, 15) is 26.7 Å². The summed E-state index contributed by atoms with van der Waals surface area (Å²) in [6.07, 6.45) is -4.44. The van der Waals surface area contributed by atoms with Crippen LogP contribution in [0.15, 0.2) is 24.4 Å². The predicted molar refractivity (Wildman–Crippen MR) is 81.4 cm³/mol. The fourth-order valence-corrected chi connectivity index (χ4v) is 3.08. The number of aromatic nitrogens is 2. The quantitative estimate of drug-likeness (QED) is 0.818. The molecule has 12 heteroatoms. The highest BCUT2D eigenvalue weighted by Crippen LogP contribution is 2.30. The molecular weight excluding hydrogens is 394 g/mol. The van der Waals surface area contributed by atoms with Crippen LogP contribution >= 0.6 is 23.2 Å². The van der Waals surface area contributed by atoms with E-state index in [0.717, 1.165) is 0 Å². The van der Waals surface area contributed by atoms with Crippen molar-refractivity contribution in [3.8, 4) is 5.75 Å². The zero-order valence-corrected chi connectivity index (χ0v) is 13.8. The minimum Gasteiger partial charge on any atom is -0.503 e. The van der Waals surface area contributed by atoms with Crippen molar-refractivity contribution in [1.29, 1.82) is 0 Å². The lowest BCUT2D eigenvalue weighted by molar-refractivity contribution is -0.144. The monoisotopic (exact) mass is 401 g/mol. The average Bonchev–Trinajstić information content (AvgIpc) is 2.43. The Morgan fingerprint density at radius 3 is 2.46 bits per heavy atom. The molecule has 0 unspecified atom stereocenters. The van der Waals surface area contributed by atoms with Gasteiger partial charge in [-0.2, -0.15) is 13.2 Å². The molecule has 2 rings (SSSR count). The van der Waals surface area contributed by atoms with Gasteiger partial charge >= 0.3 is 6.18 Å². The van der Waals surface area contributed by atoms with E-state index in [2.05, 4.69) is 9.97 Å². The first kappa shape index (κ1) is 18.6. The molecule has 6 nitrogen and oxygen atoms in total. The molecule has 0 saturated carbocycles. The van der Waals surface area contributed by atoms with Crippen LogP contribution in [0.2, 0.25) is 10.0 Å². The Morgan fingerprint density at radius 2 is 1.88 bits per heavy atom. The number of alkyl halides is 3. The molecule has 0 amide bonds.